The predicted octanol–water partition coefficient (Wildman–Crippen LogP) is 3.28. The fourth-order valence-electron chi connectivity index (χ4n) is 2.90. The molecule has 0 radical (unpaired) electrons. The number of rotatable bonds is 11. The molecular formula is C23H28N2O5. The second kappa shape index (κ2) is 12.3. The van der Waals surface area contributed by atoms with Crippen LogP contribution in [0.1, 0.15) is 37.3 Å². The highest BCUT2D eigenvalue weighted by atomic mass is 16.5. The van der Waals surface area contributed by atoms with Gasteiger partial charge < -0.3 is 20.5 Å². The number of ether oxygens (including phenoxy) is 1. The number of alkyl carbamates (subject to hydrolysis) is 1. The monoisotopic (exact) mass is 412 g/mol. The SMILES string of the molecule is CCCC[C@H](NC(=O)[C@H](Cc1ccccc1)NC(=O)OCc1ccccc1)C(=O)O. The maximum atomic E-state index is 12.8. The van der Waals surface area contributed by atoms with E-state index in [0.29, 0.717) is 12.8 Å². The molecule has 0 fully saturated rings. The van der Waals surface area contributed by atoms with E-state index in [2.05, 4.69) is 10.6 Å². The van der Waals surface area contributed by atoms with Crippen molar-refractivity contribution in [3.8, 4) is 0 Å². The van der Waals surface area contributed by atoms with Gasteiger partial charge in [0.2, 0.25) is 5.91 Å². The van der Waals surface area contributed by atoms with Crippen LogP contribution in [0.25, 0.3) is 0 Å². The minimum atomic E-state index is -1.10. The topological polar surface area (TPSA) is 105 Å². The molecule has 0 aromatic heterocycles. The zero-order chi connectivity index (χ0) is 21.8. The molecule has 0 heterocycles. The maximum absolute atomic E-state index is 12.8. The Morgan fingerprint density at radius 1 is 0.900 bits per heavy atom. The normalized spacial score (nSPS) is 12.4. The van der Waals surface area contributed by atoms with Gasteiger partial charge in [0.25, 0.3) is 0 Å². The van der Waals surface area contributed by atoms with Crippen molar-refractivity contribution in [3.63, 3.8) is 0 Å². The second-order valence-corrected chi connectivity index (χ2v) is 6.99. The van der Waals surface area contributed by atoms with Crippen LogP contribution in [0.4, 0.5) is 4.79 Å². The third-order valence-corrected chi connectivity index (χ3v) is 4.56. The maximum Gasteiger partial charge on any atom is 0.408 e. The van der Waals surface area contributed by atoms with Crippen LogP contribution >= 0.6 is 0 Å². The molecule has 0 unspecified atom stereocenters. The third-order valence-electron chi connectivity index (χ3n) is 4.56. The van der Waals surface area contributed by atoms with Gasteiger partial charge in [0.1, 0.15) is 18.7 Å². The molecule has 7 nitrogen and oxygen atoms in total. The molecule has 0 bridgehead atoms. The predicted molar refractivity (Wildman–Crippen MR) is 113 cm³/mol. The average Bonchev–Trinajstić information content (AvgIpc) is 2.76. The molecule has 0 saturated carbocycles. The standard InChI is InChI=1S/C23H28N2O5/c1-2-3-14-19(22(27)28)24-21(26)20(15-17-10-6-4-7-11-17)25-23(29)30-16-18-12-8-5-9-13-18/h4-13,19-20H,2-3,14-16H2,1H3,(H,24,26)(H,25,29)(H,27,28)/t19-,20-/m0/s1. The number of nitrogens with one attached hydrogen (secondary N) is 2. The van der Waals surface area contributed by atoms with E-state index < -0.39 is 30.1 Å². The van der Waals surface area contributed by atoms with E-state index in [1.165, 1.54) is 0 Å². The molecule has 2 amide bonds. The van der Waals surface area contributed by atoms with E-state index in [9.17, 15) is 19.5 Å². The number of hydrogen-bond donors (Lipinski definition) is 3. The van der Waals surface area contributed by atoms with Gasteiger partial charge >= 0.3 is 12.1 Å². The fourth-order valence-corrected chi connectivity index (χ4v) is 2.90. The van der Waals surface area contributed by atoms with Crippen LogP contribution in [0, 0.1) is 0 Å². The van der Waals surface area contributed by atoms with Gasteiger partial charge in [-0.15, -0.1) is 0 Å². The Bertz CT molecular complexity index is 811. The Morgan fingerprint density at radius 3 is 2.07 bits per heavy atom. The number of carbonyl (C=O) groups excluding carboxylic acids is 2. The average molecular weight is 412 g/mol. The van der Waals surface area contributed by atoms with Crippen LogP contribution in [0.2, 0.25) is 0 Å². The molecule has 0 saturated heterocycles. The van der Waals surface area contributed by atoms with E-state index in [-0.39, 0.29) is 13.0 Å². The number of carbonyl (C=O) groups is 3. The molecule has 2 atom stereocenters. The highest BCUT2D eigenvalue weighted by Gasteiger charge is 2.27. The van der Waals surface area contributed by atoms with Crippen molar-refractivity contribution in [2.75, 3.05) is 0 Å². The van der Waals surface area contributed by atoms with E-state index in [4.69, 9.17) is 4.74 Å². The lowest BCUT2D eigenvalue weighted by atomic mass is 10.0. The Kier molecular flexibility index (Phi) is 9.37. The summed E-state index contributed by atoms with van der Waals surface area (Å²) >= 11 is 0. The third kappa shape index (κ3) is 7.95. The first-order valence-electron chi connectivity index (χ1n) is 10.0. The summed E-state index contributed by atoms with van der Waals surface area (Å²) in [6.45, 7) is 2.02. The minimum Gasteiger partial charge on any atom is -0.480 e. The van der Waals surface area contributed by atoms with Crippen LogP contribution in [0.5, 0.6) is 0 Å². The van der Waals surface area contributed by atoms with Crippen molar-refractivity contribution in [1.82, 2.24) is 10.6 Å². The van der Waals surface area contributed by atoms with Crippen molar-refractivity contribution in [2.45, 2.75) is 51.3 Å². The van der Waals surface area contributed by atoms with Crippen molar-refractivity contribution in [2.24, 2.45) is 0 Å². The molecule has 2 aromatic carbocycles. The van der Waals surface area contributed by atoms with E-state index >= 15 is 0 Å². The van der Waals surface area contributed by atoms with E-state index in [1.54, 1.807) is 0 Å². The van der Waals surface area contributed by atoms with Crippen molar-refractivity contribution < 1.29 is 24.2 Å². The first kappa shape index (κ1) is 22.9. The highest BCUT2D eigenvalue weighted by Crippen LogP contribution is 2.07. The van der Waals surface area contributed by atoms with Gasteiger partial charge in [0.05, 0.1) is 0 Å². The summed E-state index contributed by atoms with van der Waals surface area (Å²) in [6, 6.07) is 16.4. The quantitative estimate of drug-likeness (QED) is 0.525. The van der Waals surface area contributed by atoms with Gasteiger partial charge in [-0.05, 0) is 17.5 Å². The molecule has 0 aliphatic heterocycles. The summed E-state index contributed by atoms with van der Waals surface area (Å²) < 4.78 is 5.22. The fraction of sp³-hybridized carbons (Fsp3) is 0.348. The summed E-state index contributed by atoms with van der Waals surface area (Å²) in [7, 11) is 0. The van der Waals surface area contributed by atoms with Crippen molar-refractivity contribution in [3.05, 3.63) is 71.8 Å². The second-order valence-electron chi connectivity index (χ2n) is 6.99. The van der Waals surface area contributed by atoms with Gasteiger partial charge in [0.15, 0.2) is 0 Å². The Hall–Kier alpha value is -3.35. The molecule has 160 valence electrons. The zero-order valence-electron chi connectivity index (χ0n) is 17.0. The van der Waals surface area contributed by atoms with Gasteiger partial charge in [-0.2, -0.15) is 0 Å². The van der Waals surface area contributed by atoms with Crippen molar-refractivity contribution >= 4 is 18.0 Å². The molecule has 0 aliphatic carbocycles. The smallest absolute Gasteiger partial charge is 0.408 e. The molecule has 0 aliphatic rings. The summed E-state index contributed by atoms with van der Waals surface area (Å²) in [5.41, 5.74) is 1.66. The summed E-state index contributed by atoms with van der Waals surface area (Å²) in [6.07, 6.45) is 1.29. The van der Waals surface area contributed by atoms with Crippen LogP contribution in [-0.2, 0) is 27.4 Å². The molecule has 0 spiro atoms. The van der Waals surface area contributed by atoms with Crippen LogP contribution in [0.15, 0.2) is 60.7 Å². The number of aliphatic carboxylic acids is 1. The van der Waals surface area contributed by atoms with Crippen LogP contribution in [0.3, 0.4) is 0 Å². The number of unbranched alkanes of at least 4 members (excludes halogenated alkanes) is 1. The highest BCUT2D eigenvalue weighted by molar-refractivity contribution is 5.89. The first-order valence-corrected chi connectivity index (χ1v) is 10.0. The molecular weight excluding hydrogens is 384 g/mol. The van der Waals surface area contributed by atoms with Gasteiger partial charge in [0, 0.05) is 6.42 Å². The number of amides is 2. The number of hydrogen-bond acceptors (Lipinski definition) is 4. The van der Waals surface area contributed by atoms with Crippen molar-refractivity contribution in [1.29, 1.82) is 0 Å². The van der Waals surface area contributed by atoms with E-state index in [1.807, 2.05) is 67.6 Å². The molecule has 2 aromatic rings. The summed E-state index contributed by atoms with van der Waals surface area (Å²) in [4.78, 5) is 36.6. The lowest BCUT2D eigenvalue weighted by Crippen LogP contribution is -2.52. The lowest BCUT2D eigenvalue weighted by molar-refractivity contribution is -0.142. The molecule has 30 heavy (non-hydrogen) atoms. The van der Waals surface area contributed by atoms with Gasteiger partial charge in [-0.25, -0.2) is 9.59 Å². The zero-order valence-corrected chi connectivity index (χ0v) is 17.0. The van der Waals surface area contributed by atoms with Crippen LogP contribution in [-0.4, -0.2) is 35.2 Å². The van der Waals surface area contributed by atoms with E-state index in [0.717, 1.165) is 17.5 Å². The number of carboxylic acid groups (broad SMARTS) is 1. The molecule has 2 rings (SSSR count). The Morgan fingerprint density at radius 2 is 1.50 bits per heavy atom. The largest absolute Gasteiger partial charge is 0.480 e. The number of carboxylic acids is 1. The van der Waals surface area contributed by atoms with Crippen LogP contribution < -0.4 is 10.6 Å². The molecule has 7 heteroatoms. The minimum absolute atomic E-state index is 0.0700. The van der Waals surface area contributed by atoms with Gasteiger partial charge in [-0.3, -0.25) is 4.79 Å². The molecule has 3 N–H and O–H groups in total. The Labute approximate surface area is 176 Å². The Balaban J connectivity index is 2.04. The summed E-state index contributed by atoms with van der Waals surface area (Å²) in [5.74, 6) is -1.65. The van der Waals surface area contributed by atoms with Gasteiger partial charge in [-0.1, -0.05) is 80.4 Å². The lowest BCUT2D eigenvalue weighted by Gasteiger charge is -2.21. The first-order chi connectivity index (χ1) is 14.5. The number of benzene rings is 2. The summed E-state index contributed by atoms with van der Waals surface area (Å²) in [5, 5.41) is 14.5.